The normalized spacial score (nSPS) is 9.92. The molecule has 13 heavy (non-hydrogen) atoms. The number of para-hydroxylation sites is 1. The molecule has 2 heteroatoms. The number of phenolic OH excluding ortho intramolecular Hbond substituents is 1. The Morgan fingerprint density at radius 2 is 2.08 bits per heavy atom. The SMILES string of the molecule is [CH2]CCCC(=O)c1ccccc1O. The van der Waals surface area contributed by atoms with Crippen molar-refractivity contribution < 1.29 is 9.90 Å². The second-order valence-corrected chi connectivity index (χ2v) is 2.90. The first-order chi connectivity index (χ1) is 6.25. The Hall–Kier alpha value is -1.31. The van der Waals surface area contributed by atoms with Crippen LogP contribution in [0.5, 0.6) is 5.75 Å². The van der Waals surface area contributed by atoms with Crippen LogP contribution in [0.3, 0.4) is 0 Å². The average molecular weight is 177 g/mol. The number of phenols is 1. The van der Waals surface area contributed by atoms with E-state index in [-0.39, 0.29) is 11.5 Å². The largest absolute Gasteiger partial charge is 0.507 e. The molecule has 0 saturated heterocycles. The highest BCUT2D eigenvalue weighted by molar-refractivity contribution is 5.98. The van der Waals surface area contributed by atoms with Crippen LogP contribution in [-0.2, 0) is 0 Å². The fourth-order valence-corrected chi connectivity index (χ4v) is 1.13. The molecule has 1 aromatic carbocycles. The van der Waals surface area contributed by atoms with Gasteiger partial charge in [-0.15, -0.1) is 0 Å². The minimum absolute atomic E-state index is 0.0123. The van der Waals surface area contributed by atoms with Crippen LogP contribution in [0.1, 0.15) is 29.6 Å². The van der Waals surface area contributed by atoms with E-state index in [1.807, 2.05) is 0 Å². The number of hydrogen-bond acceptors (Lipinski definition) is 2. The number of Topliss-reactive ketones (excluding diaryl/α,β-unsaturated/α-hetero) is 1. The highest BCUT2D eigenvalue weighted by atomic mass is 16.3. The molecule has 2 nitrogen and oxygen atoms in total. The van der Waals surface area contributed by atoms with Crippen LogP contribution in [0, 0.1) is 6.92 Å². The lowest BCUT2D eigenvalue weighted by atomic mass is 10.1. The predicted octanol–water partition coefficient (Wildman–Crippen LogP) is 2.58. The van der Waals surface area contributed by atoms with Crippen LogP contribution in [-0.4, -0.2) is 10.9 Å². The smallest absolute Gasteiger partial charge is 0.166 e. The quantitative estimate of drug-likeness (QED) is 0.718. The molecular weight excluding hydrogens is 164 g/mol. The third-order valence-electron chi connectivity index (χ3n) is 1.86. The molecule has 1 aromatic rings. The van der Waals surface area contributed by atoms with E-state index in [2.05, 4.69) is 6.92 Å². The van der Waals surface area contributed by atoms with E-state index in [1.165, 1.54) is 6.07 Å². The van der Waals surface area contributed by atoms with Gasteiger partial charge in [0.05, 0.1) is 5.56 Å². The summed E-state index contributed by atoms with van der Waals surface area (Å²) >= 11 is 0. The van der Waals surface area contributed by atoms with Crippen LogP contribution in [0.2, 0.25) is 0 Å². The molecule has 0 aliphatic rings. The number of rotatable bonds is 4. The van der Waals surface area contributed by atoms with Gasteiger partial charge in [0, 0.05) is 6.42 Å². The molecule has 0 atom stereocenters. The monoisotopic (exact) mass is 177 g/mol. The van der Waals surface area contributed by atoms with Crippen molar-refractivity contribution in [3.63, 3.8) is 0 Å². The fraction of sp³-hybridized carbons (Fsp3) is 0.273. The van der Waals surface area contributed by atoms with Crippen molar-refractivity contribution in [3.05, 3.63) is 36.8 Å². The number of aromatic hydroxyl groups is 1. The average Bonchev–Trinajstić information content (AvgIpc) is 2.15. The maximum Gasteiger partial charge on any atom is 0.166 e. The van der Waals surface area contributed by atoms with Gasteiger partial charge in [0.1, 0.15) is 5.75 Å². The molecule has 1 N–H and O–H groups in total. The molecule has 1 radical (unpaired) electrons. The van der Waals surface area contributed by atoms with Gasteiger partial charge in [-0.05, 0) is 18.6 Å². The standard InChI is InChI=1S/C11H13O2/c1-2-3-7-10(12)9-6-4-5-8-11(9)13/h4-6,8,13H,1-3,7H2. The first-order valence-corrected chi connectivity index (χ1v) is 4.36. The van der Waals surface area contributed by atoms with Gasteiger partial charge in [-0.25, -0.2) is 0 Å². The fourth-order valence-electron chi connectivity index (χ4n) is 1.13. The topological polar surface area (TPSA) is 37.3 Å². The van der Waals surface area contributed by atoms with Gasteiger partial charge in [0.2, 0.25) is 0 Å². The van der Waals surface area contributed by atoms with Crippen molar-refractivity contribution >= 4 is 5.78 Å². The van der Waals surface area contributed by atoms with Gasteiger partial charge in [-0.1, -0.05) is 25.5 Å². The summed E-state index contributed by atoms with van der Waals surface area (Å²) in [5.74, 6) is 0.0540. The lowest BCUT2D eigenvalue weighted by molar-refractivity contribution is 0.0978. The summed E-state index contributed by atoms with van der Waals surface area (Å²) in [4.78, 5) is 11.4. The molecule has 1 rings (SSSR count). The van der Waals surface area contributed by atoms with Crippen molar-refractivity contribution in [2.24, 2.45) is 0 Å². The van der Waals surface area contributed by atoms with Crippen molar-refractivity contribution in [1.82, 2.24) is 0 Å². The van der Waals surface area contributed by atoms with Gasteiger partial charge >= 0.3 is 0 Å². The van der Waals surface area contributed by atoms with E-state index < -0.39 is 0 Å². The zero-order valence-corrected chi connectivity index (χ0v) is 7.49. The van der Waals surface area contributed by atoms with Gasteiger partial charge in [-0.2, -0.15) is 0 Å². The van der Waals surface area contributed by atoms with E-state index in [1.54, 1.807) is 18.2 Å². The van der Waals surface area contributed by atoms with Crippen LogP contribution < -0.4 is 0 Å². The maximum atomic E-state index is 11.4. The number of unbranched alkanes of at least 4 members (excludes halogenated alkanes) is 1. The second-order valence-electron chi connectivity index (χ2n) is 2.90. The Kier molecular flexibility index (Phi) is 3.50. The minimum Gasteiger partial charge on any atom is -0.507 e. The van der Waals surface area contributed by atoms with E-state index in [9.17, 15) is 9.90 Å². The number of carbonyl (C=O) groups is 1. The Balaban J connectivity index is 2.71. The van der Waals surface area contributed by atoms with Crippen LogP contribution >= 0.6 is 0 Å². The second kappa shape index (κ2) is 4.65. The molecule has 69 valence electrons. The summed E-state index contributed by atoms with van der Waals surface area (Å²) in [7, 11) is 0. The molecule has 0 saturated carbocycles. The number of carbonyl (C=O) groups excluding carboxylic acids is 1. The number of benzene rings is 1. The van der Waals surface area contributed by atoms with E-state index in [0.29, 0.717) is 12.0 Å². The molecule has 0 bridgehead atoms. The van der Waals surface area contributed by atoms with Gasteiger partial charge in [0.15, 0.2) is 5.78 Å². The van der Waals surface area contributed by atoms with Gasteiger partial charge in [-0.3, -0.25) is 4.79 Å². The van der Waals surface area contributed by atoms with Crippen molar-refractivity contribution in [1.29, 1.82) is 0 Å². The van der Waals surface area contributed by atoms with Crippen molar-refractivity contribution in [2.75, 3.05) is 0 Å². The Morgan fingerprint density at radius 1 is 1.38 bits per heavy atom. The van der Waals surface area contributed by atoms with Crippen LogP contribution in [0.15, 0.2) is 24.3 Å². The molecule has 0 fully saturated rings. The molecule has 0 spiro atoms. The molecule has 0 aliphatic heterocycles. The van der Waals surface area contributed by atoms with E-state index in [0.717, 1.165) is 12.8 Å². The van der Waals surface area contributed by atoms with Crippen molar-refractivity contribution in [2.45, 2.75) is 19.3 Å². The lowest BCUT2D eigenvalue weighted by Gasteiger charge is -2.01. The first kappa shape index (κ1) is 9.78. The Bertz CT molecular complexity index is 292. The third-order valence-corrected chi connectivity index (χ3v) is 1.86. The zero-order valence-electron chi connectivity index (χ0n) is 7.49. The number of hydrogen-bond donors (Lipinski definition) is 1. The number of ketones is 1. The van der Waals surface area contributed by atoms with E-state index >= 15 is 0 Å². The summed E-state index contributed by atoms with van der Waals surface area (Å²) < 4.78 is 0. The molecule has 0 unspecified atom stereocenters. The molecule has 0 aromatic heterocycles. The molecule has 0 aliphatic carbocycles. The summed E-state index contributed by atoms with van der Waals surface area (Å²) in [6, 6.07) is 6.61. The summed E-state index contributed by atoms with van der Waals surface area (Å²) in [6.07, 6.45) is 1.98. The highest BCUT2D eigenvalue weighted by Gasteiger charge is 2.08. The predicted molar refractivity (Wildman–Crippen MR) is 51.6 cm³/mol. The third kappa shape index (κ3) is 2.58. The summed E-state index contributed by atoms with van der Waals surface area (Å²) in [6.45, 7) is 3.66. The Morgan fingerprint density at radius 3 is 2.69 bits per heavy atom. The lowest BCUT2D eigenvalue weighted by Crippen LogP contribution is -1.98. The van der Waals surface area contributed by atoms with Crippen molar-refractivity contribution in [3.8, 4) is 5.75 Å². The first-order valence-electron chi connectivity index (χ1n) is 4.36. The zero-order chi connectivity index (χ0) is 9.68. The highest BCUT2D eigenvalue weighted by Crippen LogP contribution is 2.18. The minimum atomic E-state index is -0.0123. The van der Waals surface area contributed by atoms with Gasteiger partial charge in [0.25, 0.3) is 0 Å². The Labute approximate surface area is 78.2 Å². The van der Waals surface area contributed by atoms with Crippen LogP contribution in [0.4, 0.5) is 0 Å². The molecule has 0 amide bonds. The summed E-state index contributed by atoms with van der Waals surface area (Å²) in [5.41, 5.74) is 0.413. The van der Waals surface area contributed by atoms with E-state index in [4.69, 9.17) is 0 Å². The van der Waals surface area contributed by atoms with Crippen LogP contribution in [0.25, 0.3) is 0 Å². The van der Waals surface area contributed by atoms with Gasteiger partial charge < -0.3 is 5.11 Å². The molecular formula is C11H13O2. The maximum absolute atomic E-state index is 11.4. The summed E-state index contributed by atoms with van der Waals surface area (Å²) in [5, 5.41) is 9.34. The molecule has 0 heterocycles.